The molecule has 2 fully saturated rings. The molecule has 0 aromatic heterocycles. The van der Waals surface area contributed by atoms with Gasteiger partial charge in [-0.05, 0) is 61.2 Å². The topological polar surface area (TPSA) is 67.9 Å². The molecule has 3 atom stereocenters. The van der Waals surface area contributed by atoms with Crippen molar-refractivity contribution in [2.75, 3.05) is 19.8 Å². The summed E-state index contributed by atoms with van der Waals surface area (Å²) in [6.45, 7) is 2.76. The molecule has 38 heavy (non-hydrogen) atoms. The molecule has 0 bridgehead atoms. The molecule has 1 saturated carbocycles. The number of halogens is 3. The van der Waals surface area contributed by atoms with E-state index in [1.165, 1.54) is 23.9 Å². The summed E-state index contributed by atoms with van der Waals surface area (Å²) in [5, 5.41) is 3.13. The number of benzene rings is 2. The van der Waals surface area contributed by atoms with E-state index in [0.29, 0.717) is 35.2 Å². The van der Waals surface area contributed by atoms with Gasteiger partial charge in [-0.3, -0.25) is 9.59 Å². The molecule has 0 spiro atoms. The molecule has 2 heterocycles. The minimum atomic E-state index is -4.42. The summed E-state index contributed by atoms with van der Waals surface area (Å²) >= 11 is 1.47. The van der Waals surface area contributed by atoms with Crippen LogP contribution in [0, 0.1) is 0 Å². The summed E-state index contributed by atoms with van der Waals surface area (Å²) in [6.07, 6.45) is 0.967. The second-order valence-corrected chi connectivity index (χ2v) is 11.0. The highest BCUT2D eigenvalue weighted by Crippen LogP contribution is 2.42. The van der Waals surface area contributed by atoms with Crippen LogP contribution in [0.4, 0.5) is 13.2 Å². The van der Waals surface area contributed by atoms with Crippen molar-refractivity contribution in [3.05, 3.63) is 64.1 Å². The zero-order valence-corrected chi connectivity index (χ0v) is 21.7. The Labute approximate surface area is 223 Å². The fourth-order valence-electron chi connectivity index (χ4n) is 5.14. The van der Waals surface area contributed by atoms with Crippen molar-refractivity contribution >= 4 is 29.7 Å². The number of alkyl halides is 3. The van der Waals surface area contributed by atoms with Gasteiger partial charge in [-0.2, -0.15) is 13.2 Å². The Morgan fingerprint density at radius 3 is 2.55 bits per heavy atom. The lowest BCUT2D eigenvalue weighted by atomic mass is 9.93. The average molecular weight is 547 g/mol. The molecule has 10 heteroatoms. The van der Waals surface area contributed by atoms with Gasteiger partial charge in [0.15, 0.2) is 11.5 Å². The van der Waals surface area contributed by atoms with Crippen LogP contribution < -0.4 is 14.8 Å². The molecule has 1 saturated heterocycles. The maximum Gasteiger partial charge on any atom is 0.416 e. The van der Waals surface area contributed by atoms with Crippen LogP contribution in [0.5, 0.6) is 11.5 Å². The van der Waals surface area contributed by atoms with Crippen LogP contribution in [-0.4, -0.2) is 47.8 Å². The average Bonchev–Trinajstić information content (AvgIpc) is 2.90. The fraction of sp³-hybridized carbons (Fsp3) is 0.429. The lowest BCUT2D eigenvalue weighted by Gasteiger charge is -2.44. The van der Waals surface area contributed by atoms with Gasteiger partial charge in [-0.1, -0.05) is 31.0 Å². The molecule has 1 N–H and O–H groups in total. The van der Waals surface area contributed by atoms with E-state index < -0.39 is 11.7 Å². The number of thioether (sulfide) groups is 1. The van der Waals surface area contributed by atoms with Crippen LogP contribution in [0.2, 0.25) is 0 Å². The predicted octanol–water partition coefficient (Wildman–Crippen LogP) is 5.58. The van der Waals surface area contributed by atoms with Crippen molar-refractivity contribution in [1.82, 2.24) is 10.2 Å². The largest absolute Gasteiger partial charge is 0.486 e. The Morgan fingerprint density at radius 2 is 1.82 bits per heavy atom. The number of carbonyl (C=O) groups is 2. The van der Waals surface area contributed by atoms with Gasteiger partial charge in [0.1, 0.15) is 19.8 Å². The number of fused-ring (bicyclic) bond motifs is 2. The van der Waals surface area contributed by atoms with Crippen LogP contribution in [0.15, 0.2) is 47.4 Å². The first kappa shape index (κ1) is 26.5. The SMILES string of the molecule is CC(NC(=O)CN1C(=O)/C(=C/c2ccc(C(F)(F)F)cc2)SC2CCCCC21)c1ccc2c(c1)OCCO2. The minimum Gasteiger partial charge on any atom is -0.486 e. The molecule has 3 unspecified atom stereocenters. The third kappa shape index (κ3) is 5.80. The number of nitrogens with one attached hydrogen (secondary N) is 1. The number of carbonyl (C=O) groups excluding carboxylic acids is 2. The number of nitrogens with zero attached hydrogens (tertiary/aromatic N) is 1. The van der Waals surface area contributed by atoms with Gasteiger partial charge in [0, 0.05) is 11.3 Å². The molecule has 5 rings (SSSR count). The van der Waals surface area contributed by atoms with Gasteiger partial charge in [0.25, 0.3) is 5.91 Å². The molecule has 2 aromatic carbocycles. The zero-order chi connectivity index (χ0) is 26.9. The van der Waals surface area contributed by atoms with Gasteiger partial charge < -0.3 is 19.7 Å². The third-order valence-corrected chi connectivity index (χ3v) is 8.51. The predicted molar refractivity (Wildman–Crippen MR) is 139 cm³/mol. The lowest BCUT2D eigenvalue weighted by Crippen LogP contribution is -2.54. The van der Waals surface area contributed by atoms with Crippen molar-refractivity contribution in [2.24, 2.45) is 0 Å². The van der Waals surface area contributed by atoms with Crippen LogP contribution in [0.25, 0.3) is 6.08 Å². The van der Waals surface area contributed by atoms with E-state index in [4.69, 9.17) is 9.47 Å². The van der Waals surface area contributed by atoms with Gasteiger partial charge in [0.05, 0.1) is 16.5 Å². The Hall–Kier alpha value is -3.14. The normalized spacial score (nSPS) is 23.1. The Bertz CT molecular complexity index is 1230. The molecule has 3 aliphatic rings. The second kappa shape index (κ2) is 10.9. The first-order chi connectivity index (χ1) is 18.2. The maximum atomic E-state index is 13.5. The minimum absolute atomic E-state index is 0.0543. The first-order valence-electron chi connectivity index (χ1n) is 12.7. The molecule has 202 valence electrons. The molecule has 2 aromatic rings. The van der Waals surface area contributed by atoms with Gasteiger partial charge in [-0.25, -0.2) is 0 Å². The zero-order valence-electron chi connectivity index (χ0n) is 20.9. The van der Waals surface area contributed by atoms with Gasteiger partial charge in [0.2, 0.25) is 5.91 Å². The van der Waals surface area contributed by atoms with Gasteiger partial charge >= 0.3 is 6.18 Å². The summed E-state index contributed by atoms with van der Waals surface area (Å²) in [4.78, 5) is 28.7. The monoisotopic (exact) mass is 546 g/mol. The second-order valence-electron chi connectivity index (χ2n) is 9.76. The summed E-state index contributed by atoms with van der Waals surface area (Å²) in [5.41, 5.74) is 0.640. The van der Waals surface area contributed by atoms with E-state index in [9.17, 15) is 22.8 Å². The Kier molecular flexibility index (Phi) is 7.61. The van der Waals surface area contributed by atoms with Crippen molar-refractivity contribution < 1.29 is 32.2 Å². The fourth-order valence-corrected chi connectivity index (χ4v) is 6.61. The van der Waals surface area contributed by atoms with Crippen molar-refractivity contribution in [3.8, 4) is 11.5 Å². The van der Waals surface area contributed by atoms with Crippen molar-refractivity contribution in [3.63, 3.8) is 0 Å². The number of hydrogen-bond acceptors (Lipinski definition) is 5. The highest BCUT2D eigenvalue weighted by atomic mass is 32.2. The third-order valence-electron chi connectivity index (χ3n) is 7.11. The van der Waals surface area contributed by atoms with Crippen molar-refractivity contribution in [1.29, 1.82) is 0 Å². The quantitative estimate of drug-likeness (QED) is 0.496. The summed E-state index contributed by atoms with van der Waals surface area (Å²) in [6, 6.07) is 9.94. The van der Waals surface area contributed by atoms with E-state index in [2.05, 4.69) is 5.32 Å². The smallest absolute Gasteiger partial charge is 0.416 e. The Balaban J connectivity index is 1.30. The molecular formula is C28H29F3N2O4S. The first-order valence-corrected chi connectivity index (χ1v) is 13.6. The highest BCUT2D eigenvalue weighted by molar-refractivity contribution is 8.04. The van der Waals surface area contributed by atoms with E-state index in [-0.39, 0.29) is 35.7 Å². The summed E-state index contributed by atoms with van der Waals surface area (Å²) < 4.78 is 50.0. The van der Waals surface area contributed by atoms with E-state index in [0.717, 1.165) is 43.4 Å². The van der Waals surface area contributed by atoms with Crippen molar-refractivity contribution in [2.45, 2.75) is 56.1 Å². The van der Waals surface area contributed by atoms with E-state index >= 15 is 0 Å². The molecule has 1 aliphatic carbocycles. The number of rotatable bonds is 5. The van der Waals surface area contributed by atoms with Crippen LogP contribution >= 0.6 is 11.8 Å². The molecule has 6 nitrogen and oxygen atoms in total. The van der Waals surface area contributed by atoms with Crippen LogP contribution in [0.1, 0.15) is 55.3 Å². The molecule has 2 aliphatic heterocycles. The number of hydrogen-bond donors (Lipinski definition) is 1. The number of amides is 2. The van der Waals surface area contributed by atoms with E-state index in [1.54, 1.807) is 11.0 Å². The number of ether oxygens (including phenoxy) is 2. The van der Waals surface area contributed by atoms with E-state index in [1.807, 2.05) is 25.1 Å². The van der Waals surface area contributed by atoms with Crippen LogP contribution in [0.3, 0.4) is 0 Å². The molecular weight excluding hydrogens is 517 g/mol. The molecule has 0 radical (unpaired) electrons. The summed E-state index contributed by atoms with van der Waals surface area (Å²) in [5.74, 6) is 0.776. The molecule has 2 amide bonds. The van der Waals surface area contributed by atoms with Gasteiger partial charge in [-0.15, -0.1) is 11.8 Å². The van der Waals surface area contributed by atoms with Crippen LogP contribution in [-0.2, 0) is 15.8 Å². The Morgan fingerprint density at radius 1 is 1.11 bits per heavy atom. The summed E-state index contributed by atoms with van der Waals surface area (Å²) in [7, 11) is 0. The maximum absolute atomic E-state index is 13.5. The highest BCUT2D eigenvalue weighted by Gasteiger charge is 2.41. The standard InChI is InChI=1S/C28H29F3N2O4S/c1-17(19-8-11-22-23(15-19)37-13-12-36-22)32-26(34)16-33-21-4-2-3-5-24(21)38-25(27(33)35)14-18-6-9-20(10-7-18)28(29,30)31/h6-11,14-15,17,21,24H,2-5,12-13,16H2,1H3,(H,32,34)/b25-14-. The lowest BCUT2D eigenvalue weighted by molar-refractivity contribution is -0.137.